The Balaban J connectivity index is 1.59. The van der Waals surface area contributed by atoms with E-state index in [1.807, 2.05) is 20.8 Å². The average molecular weight is 577 g/mol. The average Bonchev–Trinajstić information content (AvgIpc) is 3.35. The number of hydrogen-bond acceptors (Lipinski definition) is 6. The number of alkyl halides is 3. The Bertz CT molecular complexity index is 1390. The van der Waals surface area contributed by atoms with Gasteiger partial charge in [-0.2, -0.15) is 18.3 Å². The maximum Gasteiger partial charge on any atom is 0.433 e. The smallest absolute Gasteiger partial charge is 0.433 e. The fourth-order valence-corrected chi connectivity index (χ4v) is 5.57. The molecule has 1 aliphatic heterocycles. The molecule has 0 radical (unpaired) electrons. The molecule has 2 aromatic heterocycles. The molecule has 1 saturated heterocycles. The lowest BCUT2D eigenvalue weighted by molar-refractivity contribution is -0.142. The zero-order chi connectivity index (χ0) is 30.1. The second kappa shape index (κ2) is 11.8. The van der Waals surface area contributed by atoms with Gasteiger partial charge in [0, 0.05) is 30.1 Å². The van der Waals surface area contributed by atoms with Gasteiger partial charge < -0.3 is 19.1 Å². The normalized spacial score (nSPS) is 18.8. The van der Waals surface area contributed by atoms with Crippen LogP contribution in [0.1, 0.15) is 77.6 Å². The van der Waals surface area contributed by atoms with Gasteiger partial charge in [-0.05, 0) is 70.2 Å². The number of amides is 1. The summed E-state index contributed by atoms with van der Waals surface area (Å²) in [5, 5.41) is 4.36. The highest BCUT2D eigenvalue weighted by Gasteiger charge is 2.38. The van der Waals surface area contributed by atoms with Crippen molar-refractivity contribution >= 4 is 11.7 Å². The molecule has 8 nitrogen and oxygen atoms in total. The lowest BCUT2D eigenvalue weighted by Gasteiger charge is -2.39. The fraction of sp³-hybridized carbons (Fsp3) is 0.567. The van der Waals surface area contributed by atoms with Crippen LogP contribution in [0.4, 0.5) is 18.0 Å². The number of fused-ring (bicyclic) bond motifs is 1. The number of methoxy groups -OCH3 is 2. The molecule has 0 bridgehead atoms. The SMILES string of the molecule is CCC(C)CC(C)(C)OC(=O)N1CCC(c2cc3nc(-c4ccc(OC)c(OC)c4)cc(C(F)(F)F)n3n2)CC1C. The summed E-state index contributed by atoms with van der Waals surface area (Å²) < 4.78 is 59.8. The zero-order valence-electron chi connectivity index (χ0n) is 24.7. The van der Waals surface area contributed by atoms with Gasteiger partial charge in [0.2, 0.25) is 0 Å². The second-order valence-electron chi connectivity index (χ2n) is 11.5. The molecule has 224 valence electrons. The van der Waals surface area contributed by atoms with Crippen LogP contribution >= 0.6 is 0 Å². The number of halogens is 3. The Hall–Kier alpha value is -3.50. The van der Waals surface area contributed by atoms with Crippen LogP contribution in [0.2, 0.25) is 0 Å². The van der Waals surface area contributed by atoms with Crippen LogP contribution in [0.15, 0.2) is 30.3 Å². The fourth-order valence-electron chi connectivity index (χ4n) is 5.57. The van der Waals surface area contributed by atoms with Gasteiger partial charge in [0.15, 0.2) is 22.8 Å². The predicted molar refractivity (Wildman–Crippen MR) is 149 cm³/mol. The van der Waals surface area contributed by atoms with Gasteiger partial charge in [0.05, 0.1) is 25.6 Å². The minimum atomic E-state index is -4.65. The third-order valence-corrected chi connectivity index (χ3v) is 7.85. The molecule has 4 rings (SSSR count). The van der Waals surface area contributed by atoms with Gasteiger partial charge in [-0.3, -0.25) is 0 Å². The van der Waals surface area contributed by atoms with Crippen molar-refractivity contribution in [2.45, 2.75) is 84.0 Å². The van der Waals surface area contributed by atoms with E-state index in [9.17, 15) is 18.0 Å². The molecule has 1 aliphatic rings. The van der Waals surface area contributed by atoms with Crippen LogP contribution in [0.25, 0.3) is 16.9 Å². The van der Waals surface area contributed by atoms with Crippen LogP contribution in [-0.2, 0) is 10.9 Å². The number of ether oxygens (including phenoxy) is 3. The van der Waals surface area contributed by atoms with Crippen molar-refractivity contribution in [3.8, 4) is 22.8 Å². The van der Waals surface area contributed by atoms with Gasteiger partial charge >= 0.3 is 12.3 Å². The van der Waals surface area contributed by atoms with Crippen LogP contribution < -0.4 is 9.47 Å². The first-order valence-electron chi connectivity index (χ1n) is 14.0. The molecule has 3 heterocycles. The topological polar surface area (TPSA) is 78.2 Å². The largest absolute Gasteiger partial charge is 0.493 e. The number of piperidine rings is 1. The van der Waals surface area contributed by atoms with Crippen molar-refractivity contribution in [1.82, 2.24) is 19.5 Å². The van der Waals surface area contributed by atoms with Crippen molar-refractivity contribution < 1.29 is 32.2 Å². The second-order valence-corrected chi connectivity index (χ2v) is 11.5. The van der Waals surface area contributed by atoms with Gasteiger partial charge in [-0.25, -0.2) is 14.3 Å². The molecular weight excluding hydrogens is 537 g/mol. The highest BCUT2D eigenvalue weighted by molar-refractivity contribution is 5.69. The highest BCUT2D eigenvalue weighted by atomic mass is 19.4. The lowest BCUT2D eigenvalue weighted by atomic mass is 9.89. The summed E-state index contributed by atoms with van der Waals surface area (Å²) in [5.41, 5.74) is -0.296. The quantitative estimate of drug-likeness (QED) is 0.279. The maximum atomic E-state index is 14.2. The minimum Gasteiger partial charge on any atom is -0.493 e. The molecule has 1 amide bonds. The lowest BCUT2D eigenvalue weighted by Crippen LogP contribution is -2.47. The number of nitrogens with zero attached hydrogens (tertiary/aromatic N) is 4. The van der Waals surface area contributed by atoms with Crippen LogP contribution in [0.5, 0.6) is 11.5 Å². The molecule has 3 aromatic rings. The van der Waals surface area contributed by atoms with E-state index in [-0.39, 0.29) is 29.4 Å². The molecule has 3 unspecified atom stereocenters. The molecule has 3 atom stereocenters. The minimum absolute atomic E-state index is 0.0981. The van der Waals surface area contributed by atoms with Crippen molar-refractivity contribution in [3.63, 3.8) is 0 Å². The van der Waals surface area contributed by atoms with Crippen LogP contribution in [0, 0.1) is 5.92 Å². The van der Waals surface area contributed by atoms with Gasteiger partial charge in [0.25, 0.3) is 0 Å². The first-order valence-corrected chi connectivity index (χ1v) is 14.0. The highest BCUT2D eigenvalue weighted by Crippen LogP contribution is 2.37. The van der Waals surface area contributed by atoms with E-state index in [0.29, 0.717) is 48.1 Å². The summed E-state index contributed by atoms with van der Waals surface area (Å²) in [6.45, 7) is 10.4. The molecule has 1 aromatic carbocycles. The number of carbonyl (C=O) groups is 1. The monoisotopic (exact) mass is 576 g/mol. The Kier molecular flexibility index (Phi) is 8.75. The number of rotatable bonds is 8. The summed E-state index contributed by atoms with van der Waals surface area (Å²) in [4.78, 5) is 19.2. The number of likely N-dealkylation sites (tertiary alicyclic amines) is 1. The molecule has 11 heteroatoms. The summed E-state index contributed by atoms with van der Waals surface area (Å²) in [6, 6.07) is 7.30. The maximum absolute atomic E-state index is 14.2. The number of benzene rings is 1. The summed E-state index contributed by atoms with van der Waals surface area (Å²) in [5.74, 6) is 1.15. The number of hydrogen-bond donors (Lipinski definition) is 0. The Morgan fingerprint density at radius 1 is 1.12 bits per heavy atom. The summed E-state index contributed by atoms with van der Waals surface area (Å²) in [6.07, 6.45) is -2.14. The Morgan fingerprint density at radius 3 is 2.44 bits per heavy atom. The van der Waals surface area contributed by atoms with E-state index in [1.54, 1.807) is 29.2 Å². The Labute approximate surface area is 238 Å². The van der Waals surface area contributed by atoms with Crippen molar-refractivity contribution in [2.75, 3.05) is 20.8 Å². The Morgan fingerprint density at radius 2 is 1.83 bits per heavy atom. The van der Waals surface area contributed by atoms with E-state index in [0.717, 1.165) is 23.4 Å². The number of carbonyl (C=O) groups excluding carboxylic acids is 1. The third kappa shape index (κ3) is 6.70. The molecule has 0 aliphatic carbocycles. The van der Waals surface area contributed by atoms with E-state index in [2.05, 4.69) is 23.9 Å². The molecule has 0 spiro atoms. The standard InChI is InChI=1S/C30H39F3N4O4/c1-8-18(2)17-29(4,5)41-28(38)36-12-11-21(13-19(36)3)23-16-27-34-22(15-26(30(31,32)33)37(27)35-23)20-9-10-24(39-6)25(14-20)40-7/h9-10,14-16,18-19,21H,8,11-13,17H2,1-7H3. The molecule has 1 fully saturated rings. The number of aromatic nitrogens is 3. The van der Waals surface area contributed by atoms with Gasteiger partial charge in [0.1, 0.15) is 5.60 Å². The molecular formula is C30H39F3N4O4. The van der Waals surface area contributed by atoms with E-state index in [4.69, 9.17) is 14.2 Å². The van der Waals surface area contributed by atoms with E-state index in [1.165, 1.54) is 14.2 Å². The summed E-state index contributed by atoms with van der Waals surface area (Å²) >= 11 is 0. The third-order valence-electron chi connectivity index (χ3n) is 7.85. The molecule has 0 N–H and O–H groups in total. The zero-order valence-corrected chi connectivity index (χ0v) is 24.7. The molecule has 0 saturated carbocycles. The predicted octanol–water partition coefficient (Wildman–Crippen LogP) is 7.35. The van der Waals surface area contributed by atoms with Crippen molar-refractivity contribution in [1.29, 1.82) is 0 Å². The first kappa shape index (κ1) is 30.5. The first-order chi connectivity index (χ1) is 19.3. The van der Waals surface area contributed by atoms with Gasteiger partial charge in [-0.15, -0.1) is 0 Å². The summed E-state index contributed by atoms with van der Waals surface area (Å²) in [7, 11) is 2.95. The molecule has 41 heavy (non-hydrogen) atoms. The van der Waals surface area contributed by atoms with Crippen LogP contribution in [-0.4, -0.2) is 58.0 Å². The van der Waals surface area contributed by atoms with Crippen LogP contribution in [0.3, 0.4) is 0 Å². The van der Waals surface area contributed by atoms with E-state index < -0.39 is 17.5 Å². The van der Waals surface area contributed by atoms with Gasteiger partial charge in [-0.1, -0.05) is 20.3 Å². The van der Waals surface area contributed by atoms with Crippen molar-refractivity contribution in [3.05, 3.63) is 41.7 Å². The van der Waals surface area contributed by atoms with Crippen molar-refractivity contribution in [2.24, 2.45) is 5.92 Å². The van der Waals surface area contributed by atoms with E-state index >= 15 is 0 Å².